The summed E-state index contributed by atoms with van der Waals surface area (Å²) in [6.45, 7) is 2.12. The smallest absolute Gasteiger partial charge is 0.253 e. The van der Waals surface area contributed by atoms with Gasteiger partial charge in [-0.2, -0.15) is 0 Å². The second kappa shape index (κ2) is 11.2. The predicted octanol–water partition coefficient (Wildman–Crippen LogP) is 5.34. The van der Waals surface area contributed by atoms with E-state index in [2.05, 4.69) is 17.5 Å². The maximum absolute atomic E-state index is 13.0. The molecule has 2 aliphatic rings. The van der Waals surface area contributed by atoms with Gasteiger partial charge < -0.3 is 15.0 Å². The molecule has 0 radical (unpaired) electrons. The molecule has 0 bridgehead atoms. The molecule has 1 heterocycles. The Morgan fingerprint density at radius 3 is 2.67 bits per heavy atom. The van der Waals surface area contributed by atoms with E-state index in [9.17, 15) is 9.59 Å². The van der Waals surface area contributed by atoms with Gasteiger partial charge >= 0.3 is 0 Å². The van der Waals surface area contributed by atoms with Crippen molar-refractivity contribution in [3.8, 4) is 5.75 Å². The summed E-state index contributed by atoms with van der Waals surface area (Å²) in [4.78, 5) is 27.7. The quantitative estimate of drug-likeness (QED) is 0.585. The highest BCUT2D eigenvalue weighted by molar-refractivity contribution is 5.95. The Morgan fingerprint density at radius 2 is 1.91 bits per heavy atom. The second-order valence-electron chi connectivity index (χ2n) is 9.06. The zero-order valence-electron chi connectivity index (χ0n) is 19.5. The van der Waals surface area contributed by atoms with Crippen molar-refractivity contribution < 1.29 is 14.3 Å². The number of piperidine rings is 1. The lowest BCUT2D eigenvalue weighted by Gasteiger charge is -2.33. The zero-order valence-corrected chi connectivity index (χ0v) is 19.5. The molecular formula is C28H34N2O3. The number of methoxy groups -OCH3 is 1. The lowest BCUT2D eigenvalue weighted by Crippen LogP contribution is -2.39. The van der Waals surface area contributed by atoms with Gasteiger partial charge in [-0.1, -0.05) is 23.8 Å². The first-order chi connectivity index (χ1) is 16.1. The Hall–Kier alpha value is -3.08. The minimum Gasteiger partial charge on any atom is -0.497 e. The summed E-state index contributed by atoms with van der Waals surface area (Å²) >= 11 is 0. The van der Waals surface area contributed by atoms with Crippen LogP contribution in [0.3, 0.4) is 0 Å². The van der Waals surface area contributed by atoms with Gasteiger partial charge in [-0.3, -0.25) is 9.59 Å². The van der Waals surface area contributed by atoms with Gasteiger partial charge in [-0.15, -0.1) is 0 Å². The SMILES string of the molecule is COc1ccc(C(=O)N2CCC[C@H](c3cccc(C(=O)NCCC4=CCCCC4)c3)C2)cc1. The van der Waals surface area contributed by atoms with Gasteiger partial charge in [0.05, 0.1) is 7.11 Å². The third-order valence-corrected chi connectivity index (χ3v) is 6.78. The molecule has 2 aromatic carbocycles. The number of nitrogens with one attached hydrogen (secondary N) is 1. The van der Waals surface area contributed by atoms with Crippen molar-refractivity contribution in [1.82, 2.24) is 10.2 Å². The van der Waals surface area contributed by atoms with Gasteiger partial charge in [0.2, 0.25) is 0 Å². The van der Waals surface area contributed by atoms with Crippen LogP contribution in [0.15, 0.2) is 60.2 Å². The van der Waals surface area contributed by atoms with E-state index in [1.807, 2.05) is 47.4 Å². The normalized spacial score (nSPS) is 18.4. The molecule has 1 fully saturated rings. The van der Waals surface area contributed by atoms with Crippen LogP contribution in [0.1, 0.15) is 77.1 Å². The summed E-state index contributed by atoms with van der Waals surface area (Å²) in [5.74, 6) is 1.01. The zero-order chi connectivity index (χ0) is 23.0. The number of ether oxygens (including phenoxy) is 1. The van der Waals surface area contributed by atoms with Gasteiger partial charge in [0.15, 0.2) is 0 Å². The molecule has 0 aromatic heterocycles. The molecule has 1 aliphatic heterocycles. The van der Waals surface area contributed by atoms with Crippen LogP contribution in [-0.4, -0.2) is 43.5 Å². The molecule has 0 spiro atoms. The monoisotopic (exact) mass is 446 g/mol. The summed E-state index contributed by atoms with van der Waals surface area (Å²) in [6.07, 6.45) is 10.1. The van der Waals surface area contributed by atoms with Crippen LogP contribution >= 0.6 is 0 Å². The molecule has 2 amide bonds. The highest BCUT2D eigenvalue weighted by Crippen LogP contribution is 2.29. The average molecular weight is 447 g/mol. The van der Waals surface area contributed by atoms with Gasteiger partial charge in [-0.25, -0.2) is 0 Å². The minimum atomic E-state index is -0.0183. The Balaban J connectivity index is 1.36. The first-order valence-electron chi connectivity index (χ1n) is 12.1. The van der Waals surface area contributed by atoms with Crippen LogP contribution in [0.25, 0.3) is 0 Å². The third-order valence-electron chi connectivity index (χ3n) is 6.78. The summed E-state index contributed by atoms with van der Waals surface area (Å²) in [5, 5.41) is 3.08. The number of rotatable bonds is 7. The highest BCUT2D eigenvalue weighted by Gasteiger charge is 2.26. The Morgan fingerprint density at radius 1 is 1.06 bits per heavy atom. The van der Waals surface area contributed by atoms with Crippen molar-refractivity contribution in [2.75, 3.05) is 26.7 Å². The third kappa shape index (κ3) is 6.04. The number of nitrogens with zero attached hydrogens (tertiary/aromatic N) is 1. The van der Waals surface area contributed by atoms with Gasteiger partial charge in [0, 0.05) is 36.7 Å². The van der Waals surface area contributed by atoms with Crippen molar-refractivity contribution in [3.05, 3.63) is 76.9 Å². The molecule has 1 atom stereocenters. The number of likely N-dealkylation sites (tertiary alicyclic amines) is 1. The molecule has 1 aliphatic carbocycles. The van der Waals surface area contributed by atoms with Crippen molar-refractivity contribution in [2.24, 2.45) is 0 Å². The molecule has 4 rings (SSSR count). The van der Waals surface area contributed by atoms with Gasteiger partial charge in [0.1, 0.15) is 5.75 Å². The lowest BCUT2D eigenvalue weighted by atomic mass is 9.89. The van der Waals surface area contributed by atoms with E-state index in [1.165, 1.54) is 31.3 Å². The number of benzene rings is 2. The standard InChI is InChI=1S/C28H34N2O3/c1-33-26-14-12-22(13-15-26)28(32)30-18-6-11-25(20-30)23-9-5-10-24(19-23)27(31)29-17-16-21-7-3-2-4-8-21/h5,7,9-10,12-15,19,25H,2-4,6,8,11,16-18,20H2,1H3,(H,29,31)/t25-/m0/s1. The lowest BCUT2D eigenvalue weighted by molar-refractivity contribution is 0.0706. The van der Waals surface area contributed by atoms with Crippen LogP contribution in [0.5, 0.6) is 5.75 Å². The maximum Gasteiger partial charge on any atom is 0.253 e. The first kappa shape index (κ1) is 23.1. The topological polar surface area (TPSA) is 58.6 Å². The largest absolute Gasteiger partial charge is 0.497 e. The molecule has 1 N–H and O–H groups in total. The molecule has 1 saturated heterocycles. The number of hydrogen-bond acceptors (Lipinski definition) is 3. The van der Waals surface area contributed by atoms with Crippen molar-refractivity contribution in [3.63, 3.8) is 0 Å². The van der Waals surface area contributed by atoms with Crippen molar-refractivity contribution in [1.29, 1.82) is 0 Å². The fourth-order valence-corrected chi connectivity index (χ4v) is 4.85. The second-order valence-corrected chi connectivity index (χ2v) is 9.06. The van der Waals surface area contributed by atoms with Crippen LogP contribution in [-0.2, 0) is 0 Å². The van der Waals surface area contributed by atoms with E-state index in [0.717, 1.165) is 37.1 Å². The first-order valence-corrected chi connectivity index (χ1v) is 12.1. The average Bonchev–Trinajstić information content (AvgIpc) is 2.89. The molecule has 5 heteroatoms. The Kier molecular flexibility index (Phi) is 7.82. The predicted molar refractivity (Wildman–Crippen MR) is 131 cm³/mol. The Bertz CT molecular complexity index is 996. The van der Waals surface area contributed by atoms with E-state index in [1.54, 1.807) is 7.11 Å². The summed E-state index contributed by atoms with van der Waals surface area (Å²) in [7, 11) is 1.62. The number of carbonyl (C=O) groups is 2. The summed E-state index contributed by atoms with van der Waals surface area (Å²) in [5.41, 5.74) is 3.98. The molecule has 174 valence electrons. The van der Waals surface area contributed by atoms with E-state index in [0.29, 0.717) is 24.2 Å². The fraction of sp³-hybridized carbons (Fsp3) is 0.429. The highest BCUT2D eigenvalue weighted by atomic mass is 16.5. The molecular weight excluding hydrogens is 412 g/mol. The fourth-order valence-electron chi connectivity index (χ4n) is 4.85. The van der Waals surface area contributed by atoms with Gasteiger partial charge in [-0.05, 0) is 86.9 Å². The summed E-state index contributed by atoms with van der Waals surface area (Å²) in [6, 6.07) is 15.2. The van der Waals surface area contributed by atoms with Gasteiger partial charge in [0.25, 0.3) is 11.8 Å². The van der Waals surface area contributed by atoms with Crippen LogP contribution in [0.4, 0.5) is 0 Å². The van der Waals surface area contributed by atoms with Crippen LogP contribution in [0.2, 0.25) is 0 Å². The number of hydrogen-bond donors (Lipinski definition) is 1. The molecule has 5 nitrogen and oxygen atoms in total. The Labute approximate surface area is 196 Å². The molecule has 0 saturated carbocycles. The number of carbonyl (C=O) groups excluding carboxylic acids is 2. The van der Waals surface area contributed by atoms with E-state index < -0.39 is 0 Å². The molecule has 0 unspecified atom stereocenters. The van der Waals surface area contributed by atoms with E-state index >= 15 is 0 Å². The van der Waals surface area contributed by atoms with E-state index in [-0.39, 0.29) is 17.7 Å². The molecule has 33 heavy (non-hydrogen) atoms. The number of amides is 2. The van der Waals surface area contributed by atoms with Crippen molar-refractivity contribution >= 4 is 11.8 Å². The number of allylic oxidation sites excluding steroid dienone is 1. The molecule has 2 aromatic rings. The summed E-state index contributed by atoms with van der Waals surface area (Å²) < 4.78 is 5.19. The minimum absolute atomic E-state index is 0.0183. The van der Waals surface area contributed by atoms with Crippen LogP contribution in [0, 0.1) is 0 Å². The van der Waals surface area contributed by atoms with Crippen LogP contribution < -0.4 is 10.1 Å². The van der Waals surface area contributed by atoms with E-state index in [4.69, 9.17) is 4.74 Å². The maximum atomic E-state index is 13.0. The van der Waals surface area contributed by atoms with Crippen molar-refractivity contribution in [2.45, 2.75) is 50.9 Å².